The van der Waals surface area contributed by atoms with Gasteiger partial charge in [-0.2, -0.15) is 8.78 Å². The molecule has 0 saturated heterocycles. The number of hydrogen-bond donors (Lipinski definition) is 0. The van der Waals surface area contributed by atoms with Crippen LogP contribution >= 0.6 is 0 Å². The van der Waals surface area contributed by atoms with E-state index in [-0.39, 0.29) is 74.8 Å². The molecule has 0 radical (unpaired) electrons. The second-order valence-corrected chi connectivity index (χ2v) is 42.1. The number of esters is 10. The second kappa shape index (κ2) is 41.8. The topological polar surface area (TPSA) is 435 Å². The van der Waals surface area contributed by atoms with Crippen LogP contribution in [-0.4, -0.2) is 177 Å². The molecule has 0 N–H and O–H groups in total. The number of carbonyl (C=O) groups excluding carboxylic acids is 10. The SMILES string of the molecule is Cc1cc(C)c(C)c(C(=O)OC23CC4CC(OC(=O)c5c(C)ccc(C)c5C)(C2)CC(C(=O)OCC(F)(F)S(=O)(=O)[O-])(C4)C3)c1.Cc1cc(C)c(C)c(C(=O)OC2CC(OC(=O)c3cc(C)cc(C)c3C)C(C(=O)OCCS(=O)(=O)[O-])C(OC(=O)c3cc(C)cc(C)c3C)C2)c1.Cc1cc(C)c(C)c(C(=O)OC2CC(OC(=O)c3cc(C)cc(C)c3C)CC(C(=O)OCCS(=O)(=O)[O-])C2)c1. The van der Waals surface area contributed by atoms with E-state index in [9.17, 15) is 95.6 Å². The Morgan fingerprint density at radius 3 is 1.01 bits per heavy atom. The van der Waals surface area contributed by atoms with E-state index >= 15 is 0 Å². The van der Waals surface area contributed by atoms with Gasteiger partial charge >= 0.3 is 64.9 Å². The Bertz CT molecular complexity index is 6090. The maximum atomic E-state index is 14.0. The number of benzene rings is 7. The van der Waals surface area contributed by atoms with Crippen molar-refractivity contribution in [1.82, 2.24) is 0 Å². The molecule has 6 saturated carbocycles. The highest BCUT2D eigenvalue weighted by molar-refractivity contribution is 7.86. The lowest BCUT2D eigenvalue weighted by Crippen LogP contribution is -2.67. The predicted molar refractivity (Wildman–Crippen MR) is 487 cm³/mol. The lowest BCUT2D eigenvalue weighted by atomic mass is 9.46. The van der Waals surface area contributed by atoms with Crippen LogP contribution in [0.2, 0.25) is 0 Å². The average Bonchev–Trinajstić information content (AvgIpc) is 0.692. The molecule has 8 unspecified atom stereocenters. The molecule has 29 nitrogen and oxygen atoms in total. The van der Waals surface area contributed by atoms with Crippen LogP contribution in [0.4, 0.5) is 8.78 Å². The number of aryl methyl sites for hydroxylation is 14. The summed E-state index contributed by atoms with van der Waals surface area (Å²) in [4.78, 5) is 135. The summed E-state index contributed by atoms with van der Waals surface area (Å²) < 4.78 is 185. The Labute approximate surface area is 786 Å². The van der Waals surface area contributed by atoms with Crippen LogP contribution < -0.4 is 0 Å². The number of alkyl halides is 2. The smallest absolute Gasteiger partial charge is 0.367 e. The highest BCUT2D eigenvalue weighted by Gasteiger charge is 2.70. The van der Waals surface area contributed by atoms with Crippen LogP contribution in [0, 0.1) is 169 Å². The molecule has 0 amide bonds. The number of rotatable bonds is 26. The normalized spacial score (nSPS) is 21.8. The van der Waals surface area contributed by atoms with Gasteiger partial charge in [0, 0.05) is 38.5 Å². The molecule has 135 heavy (non-hydrogen) atoms. The molecule has 0 aliphatic heterocycles. The van der Waals surface area contributed by atoms with Crippen molar-refractivity contribution in [2.45, 2.75) is 263 Å². The first-order valence-electron chi connectivity index (χ1n) is 44.4. The maximum absolute atomic E-state index is 14.0. The Morgan fingerprint density at radius 1 is 0.356 bits per heavy atom. The van der Waals surface area contributed by atoms with Crippen molar-refractivity contribution in [2.24, 2.45) is 23.2 Å². The molecule has 0 aromatic heterocycles. The van der Waals surface area contributed by atoms with Crippen molar-refractivity contribution in [1.29, 1.82) is 0 Å². The predicted octanol–water partition coefficient (Wildman–Crippen LogP) is 15.8. The minimum Gasteiger partial charge on any atom is -0.748 e. The van der Waals surface area contributed by atoms with Crippen LogP contribution in [0.5, 0.6) is 0 Å². The molecule has 4 bridgehead atoms. The minimum atomic E-state index is -6.09. The Balaban J connectivity index is 0.000000211. The zero-order chi connectivity index (χ0) is 100. The van der Waals surface area contributed by atoms with E-state index in [1.54, 1.807) is 84.0 Å². The molecule has 730 valence electrons. The summed E-state index contributed by atoms with van der Waals surface area (Å²) in [6.45, 7) is 35.3. The van der Waals surface area contributed by atoms with E-state index in [0.29, 0.717) is 57.3 Å². The third kappa shape index (κ3) is 25.8. The molecule has 7 aromatic rings. The summed E-state index contributed by atoms with van der Waals surface area (Å²) in [5.74, 6) is -11.9. The number of ether oxygens (including phenoxy) is 10. The standard InChI is InChI=1S/C39H46O11S.C33H38F2O9S.C29H36O9S/c1-20-12-23(4)26(7)30(15-20)36(40)48-29-18-33(49-37(41)31-16-21(2)13-24(5)27(31)8)35(39(43)47-10-11-51(44,45)46)34(19-29)50-38(42)32-17-22(3)14-25(6)28(32)9;1-18-9-21(4)22(5)25(10-18)27(36)43-31-12-24-11-30(14-31,29(38)42-17-33(34,35)45(39,40)41)15-32(13-24,16-31)44-28(37)26-20(3)8-7-19(2)23(26)6;1-16-9-18(3)20(5)25(11-16)28(31)37-23-13-22(27(30)36-7-8-39(33,34)35)14-24(15-23)38-29(32)26-12-17(2)10-19(4)21(26)6/h12-17,29,33-35H,10-11,18-19H2,1-9H3,(H,44,45,46);7-10,24H,11-17H2,1-6H3,(H,39,40,41);9-12,22-24H,7-8,13-15H2,1-6H3,(H,33,34,35)/p-3. The third-order valence-corrected chi connectivity index (χ3v) is 28.8. The van der Waals surface area contributed by atoms with Gasteiger partial charge in [-0.3, -0.25) is 14.4 Å². The molecular weight excluding hydrogens is 1810 g/mol. The zero-order valence-corrected chi connectivity index (χ0v) is 82.3. The first kappa shape index (κ1) is 106. The van der Waals surface area contributed by atoms with Crippen LogP contribution in [0.3, 0.4) is 0 Å². The molecule has 34 heteroatoms. The van der Waals surface area contributed by atoms with E-state index in [1.165, 1.54) is 0 Å². The van der Waals surface area contributed by atoms with Gasteiger partial charge in [0.1, 0.15) is 60.9 Å². The maximum Gasteiger partial charge on any atom is 0.367 e. The molecule has 0 spiro atoms. The minimum absolute atomic E-state index is 0.0852. The van der Waals surface area contributed by atoms with E-state index in [2.05, 4.69) is 0 Å². The Morgan fingerprint density at radius 2 is 0.667 bits per heavy atom. The van der Waals surface area contributed by atoms with Gasteiger partial charge in [-0.1, -0.05) is 48.5 Å². The summed E-state index contributed by atoms with van der Waals surface area (Å²) in [7, 11) is -15.4. The number of carbonyl (C=O) groups is 10. The van der Waals surface area contributed by atoms with Crippen molar-refractivity contribution in [3.05, 3.63) is 241 Å². The number of hydrogen-bond acceptors (Lipinski definition) is 29. The van der Waals surface area contributed by atoms with Gasteiger partial charge in [-0.25, -0.2) is 58.8 Å². The Hall–Kier alpha value is -11.2. The molecule has 6 aliphatic rings. The van der Waals surface area contributed by atoms with Gasteiger partial charge in [-0.05, 0) is 337 Å². The highest BCUT2D eigenvalue weighted by Crippen LogP contribution is 2.66. The fraction of sp³-hybridized carbons (Fsp3) is 0.485. The lowest BCUT2D eigenvalue weighted by molar-refractivity contribution is -0.238. The molecule has 6 aliphatic carbocycles. The average molecular weight is 1930 g/mol. The van der Waals surface area contributed by atoms with E-state index < -0.39 is 186 Å². The van der Waals surface area contributed by atoms with Crippen molar-refractivity contribution < 1.29 is 143 Å². The van der Waals surface area contributed by atoms with Crippen LogP contribution in [0.25, 0.3) is 0 Å². The summed E-state index contributed by atoms with van der Waals surface area (Å²) in [5, 5.41) is -4.83. The second-order valence-electron chi connectivity index (χ2n) is 37.6. The summed E-state index contributed by atoms with van der Waals surface area (Å²) in [6, 6.07) is 25.5. The van der Waals surface area contributed by atoms with E-state index in [1.807, 2.05) is 146 Å². The quantitative estimate of drug-likeness (QED) is 0.0276. The van der Waals surface area contributed by atoms with Gasteiger partial charge in [0.05, 0.1) is 82.0 Å². The molecular formula is C101H117F2O29S3-3. The van der Waals surface area contributed by atoms with Crippen molar-refractivity contribution in [3.63, 3.8) is 0 Å². The summed E-state index contributed by atoms with van der Waals surface area (Å²) in [6.07, 6.45) is -4.36. The van der Waals surface area contributed by atoms with Crippen LogP contribution in [0.15, 0.2) is 84.9 Å². The fourth-order valence-corrected chi connectivity index (χ4v) is 20.3. The summed E-state index contributed by atoms with van der Waals surface area (Å²) >= 11 is 0. The lowest BCUT2D eigenvalue weighted by Gasteiger charge is -2.63. The molecule has 0 heterocycles. The van der Waals surface area contributed by atoms with Gasteiger partial charge in [-0.15, -0.1) is 0 Å². The van der Waals surface area contributed by atoms with Gasteiger partial charge < -0.3 is 61.0 Å². The monoisotopic (exact) mass is 1930 g/mol. The molecule has 8 atom stereocenters. The number of halogens is 2. The highest BCUT2D eigenvalue weighted by atomic mass is 32.2. The third-order valence-electron chi connectivity index (χ3n) is 26.6. The van der Waals surface area contributed by atoms with Crippen molar-refractivity contribution in [2.75, 3.05) is 31.3 Å². The first-order chi connectivity index (χ1) is 62.6. The van der Waals surface area contributed by atoms with Crippen molar-refractivity contribution in [3.8, 4) is 0 Å². The van der Waals surface area contributed by atoms with E-state index in [4.69, 9.17) is 47.4 Å². The molecule has 6 fully saturated rings. The molecule has 7 aromatic carbocycles. The first-order valence-corrected chi connectivity index (χ1v) is 48.9. The van der Waals surface area contributed by atoms with Crippen LogP contribution in [-0.2, 0) is 92.1 Å². The van der Waals surface area contributed by atoms with Gasteiger partial charge in [0.2, 0.25) is 0 Å². The largest absolute Gasteiger partial charge is 0.748 e. The van der Waals surface area contributed by atoms with Crippen LogP contribution in [0.1, 0.15) is 260 Å². The zero-order valence-electron chi connectivity index (χ0n) is 79.8. The Kier molecular flexibility index (Phi) is 32.8. The molecule has 13 rings (SSSR count). The van der Waals surface area contributed by atoms with E-state index in [0.717, 1.165) is 100 Å². The van der Waals surface area contributed by atoms with Gasteiger partial charge in [0.15, 0.2) is 16.7 Å². The summed E-state index contributed by atoms with van der Waals surface area (Å²) in [5.41, 5.74) is 15.3. The van der Waals surface area contributed by atoms with Gasteiger partial charge in [0.25, 0.3) is 0 Å². The van der Waals surface area contributed by atoms with Crippen molar-refractivity contribution >= 4 is 90.0 Å². The fourth-order valence-electron chi connectivity index (χ4n) is 19.5.